The van der Waals surface area contributed by atoms with E-state index in [-0.39, 0.29) is 17.3 Å². The monoisotopic (exact) mass is 340 g/mol. The Hall–Kier alpha value is -0.580. The van der Waals surface area contributed by atoms with Crippen LogP contribution in [0, 0.1) is 11.8 Å². The molecule has 2 saturated carbocycles. The Morgan fingerprint density at radius 1 is 1.04 bits per heavy atom. The molecule has 5 heteroatoms. The van der Waals surface area contributed by atoms with E-state index >= 15 is 0 Å². The summed E-state index contributed by atoms with van der Waals surface area (Å²) >= 11 is 0. The standard InChI is InChI=1S/C18H32N2O2S/c1-13-14(2)23(22)12-11-20(13)18(21)19-17(15-7-3-4-8-15)16-9-5-6-10-16/h13-17H,3-12H2,1-2H3,(H,19,21)/t13-,14+,23+/m1/s1. The fourth-order valence-electron chi connectivity index (χ4n) is 4.82. The van der Waals surface area contributed by atoms with Gasteiger partial charge in [-0.05, 0) is 51.4 Å². The molecule has 0 aromatic carbocycles. The Balaban J connectivity index is 1.66. The van der Waals surface area contributed by atoms with Crippen LogP contribution in [0.5, 0.6) is 0 Å². The summed E-state index contributed by atoms with van der Waals surface area (Å²) in [6.45, 7) is 4.68. The Morgan fingerprint density at radius 3 is 2.09 bits per heavy atom. The molecule has 3 rings (SSSR count). The largest absolute Gasteiger partial charge is 0.335 e. The van der Waals surface area contributed by atoms with Crippen LogP contribution in [0.1, 0.15) is 65.2 Å². The molecule has 1 heterocycles. The van der Waals surface area contributed by atoms with Crippen molar-refractivity contribution in [2.75, 3.05) is 12.3 Å². The van der Waals surface area contributed by atoms with Crippen molar-refractivity contribution in [2.24, 2.45) is 11.8 Å². The first kappa shape index (κ1) is 17.2. The van der Waals surface area contributed by atoms with Gasteiger partial charge in [-0.2, -0.15) is 0 Å². The van der Waals surface area contributed by atoms with E-state index in [0.717, 1.165) is 0 Å². The summed E-state index contributed by atoms with van der Waals surface area (Å²) in [5.41, 5.74) is 0. The number of hydrogen-bond acceptors (Lipinski definition) is 2. The van der Waals surface area contributed by atoms with Crippen LogP contribution in [0.3, 0.4) is 0 Å². The van der Waals surface area contributed by atoms with Crippen LogP contribution < -0.4 is 5.32 Å². The molecule has 0 unspecified atom stereocenters. The van der Waals surface area contributed by atoms with Crippen molar-refractivity contribution in [1.82, 2.24) is 10.2 Å². The third-order valence-electron chi connectivity index (χ3n) is 6.49. The number of rotatable bonds is 3. The molecule has 3 aliphatic rings. The smallest absolute Gasteiger partial charge is 0.317 e. The van der Waals surface area contributed by atoms with Crippen molar-refractivity contribution in [3.63, 3.8) is 0 Å². The van der Waals surface area contributed by atoms with Gasteiger partial charge in [-0.3, -0.25) is 4.21 Å². The van der Waals surface area contributed by atoms with Crippen LogP contribution in [0.4, 0.5) is 4.79 Å². The number of nitrogens with zero attached hydrogens (tertiary/aromatic N) is 1. The highest BCUT2D eigenvalue weighted by molar-refractivity contribution is 7.85. The summed E-state index contributed by atoms with van der Waals surface area (Å²) in [6.07, 6.45) is 10.4. The lowest BCUT2D eigenvalue weighted by Crippen LogP contribution is -2.58. The zero-order valence-corrected chi connectivity index (χ0v) is 15.4. The SMILES string of the molecule is C[C@@H]1[C@H](C)[S@@](=O)CCN1C(=O)NC(C1CCCC1)C1CCCC1. The normalized spacial score (nSPS) is 33.5. The minimum absolute atomic E-state index is 0.0670. The molecule has 0 radical (unpaired) electrons. The van der Waals surface area contributed by atoms with E-state index < -0.39 is 10.8 Å². The van der Waals surface area contributed by atoms with Gasteiger partial charge in [0, 0.05) is 35.2 Å². The maximum atomic E-state index is 12.9. The quantitative estimate of drug-likeness (QED) is 0.857. The molecule has 1 N–H and O–H groups in total. The molecule has 4 nitrogen and oxygen atoms in total. The van der Waals surface area contributed by atoms with E-state index in [1.807, 2.05) is 18.7 Å². The first-order chi connectivity index (χ1) is 11.1. The van der Waals surface area contributed by atoms with Gasteiger partial charge in [0.15, 0.2) is 0 Å². The van der Waals surface area contributed by atoms with Gasteiger partial charge >= 0.3 is 6.03 Å². The molecule has 1 saturated heterocycles. The summed E-state index contributed by atoms with van der Waals surface area (Å²) in [6, 6.07) is 0.518. The number of nitrogens with one attached hydrogen (secondary N) is 1. The molecule has 0 spiro atoms. The van der Waals surface area contributed by atoms with Crippen LogP contribution in [0.25, 0.3) is 0 Å². The molecule has 2 aliphatic carbocycles. The van der Waals surface area contributed by atoms with Gasteiger partial charge in [-0.1, -0.05) is 25.7 Å². The molecule has 0 aromatic heterocycles. The van der Waals surface area contributed by atoms with Crippen LogP contribution in [-0.4, -0.2) is 44.8 Å². The topological polar surface area (TPSA) is 49.4 Å². The van der Waals surface area contributed by atoms with Crippen LogP contribution in [-0.2, 0) is 10.8 Å². The molecule has 23 heavy (non-hydrogen) atoms. The minimum Gasteiger partial charge on any atom is -0.335 e. The maximum absolute atomic E-state index is 12.9. The van der Waals surface area contributed by atoms with Crippen molar-refractivity contribution >= 4 is 16.8 Å². The van der Waals surface area contributed by atoms with Crippen molar-refractivity contribution in [2.45, 2.75) is 82.5 Å². The van der Waals surface area contributed by atoms with Gasteiger partial charge < -0.3 is 10.2 Å². The average Bonchev–Trinajstić information content (AvgIpc) is 3.23. The summed E-state index contributed by atoms with van der Waals surface area (Å²) in [5, 5.41) is 3.50. The number of urea groups is 1. The fraction of sp³-hybridized carbons (Fsp3) is 0.944. The van der Waals surface area contributed by atoms with Gasteiger partial charge in [0.2, 0.25) is 0 Å². The lowest BCUT2D eigenvalue weighted by Gasteiger charge is -2.39. The lowest BCUT2D eigenvalue weighted by molar-refractivity contribution is 0.162. The molecule has 3 fully saturated rings. The van der Waals surface area contributed by atoms with Gasteiger partial charge in [-0.25, -0.2) is 4.79 Å². The van der Waals surface area contributed by atoms with Crippen molar-refractivity contribution in [3.05, 3.63) is 0 Å². The van der Waals surface area contributed by atoms with Crippen LogP contribution >= 0.6 is 0 Å². The van der Waals surface area contributed by atoms with E-state index in [0.29, 0.717) is 30.2 Å². The van der Waals surface area contributed by atoms with Crippen molar-refractivity contribution < 1.29 is 9.00 Å². The predicted molar refractivity (Wildman–Crippen MR) is 94.9 cm³/mol. The highest BCUT2D eigenvalue weighted by atomic mass is 32.2. The van der Waals surface area contributed by atoms with Crippen molar-refractivity contribution in [1.29, 1.82) is 0 Å². The van der Waals surface area contributed by atoms with E-state index in [2.05, 4.69) is 5.32 Å². The zero-order valence-electron chi connectivity index (χ0n) is 14.6. The zero-order chi connectivity index (χ0) is 16.4. The molecular formula is C18H32N2O2S. The first-order valence-electron chi connectivity index (χ1n) is 9.52. The maximum Gasteiger partial charge on any atom is 0.317 e. The molecule has 1 aliphatic heterocycles. The Labute approximate surface area is 143 Å². The highest BCUT2D eigenvalue weighted by Gasteiger charge is 2.38. The number of carbonyl (C=O) groups is 1. The molecule has 2 amide bonds. The third kappa shape index (κ3) is 3.75. The van der Waals surface area contributed by atoms with Crippen LogP contribution in [0.2, 0.25) is 0 Å². The number of amides is 2. The second-order valence-corrected chi connectivity index (χ2v) is 9.70. The van der Waals surface area contributed by atoms with E-state index in [1.165, 1.54) is 51.4 Å². The van der Waals surface area contributed by atoms with E-state index in [4.69, 9.17) is 0 Å². The lowest BCUT2D eigenvalue weighted by atomic mass is 9.86. The van der Waals surface area contributed by atoms with Gasteiger partial charge in [0.25, 0.3) is 0 Å². The molecule has 3 atom stereocenters. The summed E-state index contributed by atoms with van der Waals surface area (Å²) in [7, 11) is -0.791. The Morgan fingerprint density at radius 2 is 1.57 bits per heavy atom. The summed E-state index contributed by atoms with van der Waals surface area (Å²) < 4.78 is 12.0. The summed E-state index contributed by atoms with van der Waals surface area (Å²) in [4.78, 5) is 14.8. The van der Waals surface area contributed by atoms with Crippen LogP contribution in [0.15, 0.2) is 0 Å². The fourth-order valence-corrected chi connectivity index (χ4v) is 6.15. The second kappa shape index (κ2) is 7.54. The Bertz CT molecular complexity index is 428. The highest BCUT2D eigenvalue weighted by Crippen LogP contribution is 2.37. The van der Waals surface area contributed by atoms with Gasteiger partial charge in [0.1, 0.15) is 0 Å². The predicted octanol–water partition coefficient (Wildman–Crippen LogP) is 3.29. The second-order valence-electron chi connectivity index (χ2n) is 7.79. The van der Waals surface area contributed by atoms with Gasteiger partial charge in [0.05, 0.1) is 5.25 Å². The molecule has 0 bridgehead atoms. The van der Waals surface area contributed by atoms with Crippen molar-refractivity contribution in [3.8, 4) is 0 Å². The molecular weight excluding hydrogens is 308 g/mol. The van der Waals surface area contributed by atoms with Gasteiger partial charge in [-0.15, -0.1) is 0 Å². The third-order valence-corrected chi connectivity index (χ3v) is 8.29. The summed E-state index contributed by atoms with van der Waals surface area (Å²) in [5.74, 6) is 1.97. The molecule has 132 valence electrons. The minimum atomic E-state index is -0.791. The van der Waals surface area contributed by atoms with E-state index in [1.54, 1.807) is 0 Å². The molecule has 0 aromatic rings. The average molecular weight is 341 g/mol. The number of carbonyl (C=O) groups excluding carboxylic acids is 1. The van der Waals surface area contributed by atoms with E-state index in [9.17, 15) is 9.00 Å². The Kier molecular flexibility index (Phi) is 5.65. The first-order valence-corrected chi connectivity index (χ1v) is 10.9. The number of hydrogen-bond donors (Lipinski definition) is 1.